The van der Waals surface area contributed by atoms with Crippen LogP contribution in [0.1, 0.15) is 40.5 Å². The number of carbonyl (C=O) groups is 1. The maximum atomic E-state index is 11.3. The lowest BCUT2D eigenvalue weighted by molar-refractivity contribution is -0.155. The highest BCUT2D eigenvalue weighted by molar-refractivity contribution is 5.72. The van der Waals surface area contributed by atoms with Crippen LogP contribution in [-0.2, 0) is 14.3 Å². The molecule has 0 aliphatic rings. The minimum atomic E-state index is -0.136. The highest BCUT2D eigenvalue weighted by Crippen LogP contribution is 2.05. The third-order valence-corrected chi connectivity index (χ3v) is 2.03. The van der Waals surface area contributed by atoms with Gasteiger partial charge in [-0.15, -0.1) is 0 Å². The Kier molecular flexibility index (Phi) is 7.48. The molecule has 2 unspecified atom stereocenters. The Balaban J connectivity index is 3.60. The van der Waals surface area contributed by atoms with Gasteiger partial charge in [0.1, 0.15) is 6.10 Å². The van der Waals surface area contributed by atoms with E-state index in [-0.39, 0.29) is 18.0 Å². The molecule has 0 aromatic heterocycles. The Hall–Kier alpha value is -0.570. The second kappa shape index (κ2) is 7.80. The lowest BCUT2D eigenvalue weighted by Crippen LogP contribution is -2.24. The quantitative estimate of drug-likeness (QED) is 0.469. The van der Waals surface area contributed by atoms with Gasteiger partial charge in [-0.3, -0.25) is 4.79 Å². The van der Waals surface area contributed by atoms with E-state index in [4.69, 9.17) is 9.47 Å². The first-order valence-corrected chi connectivity index (χ1v) is 5.40. The molecule has 0 bridgehead atoms. The second-order valence-electron chi connectivity index (χ2n) is 3.63. The first-order valence-electron chi connectivity index (χ1n) is 5.40. The molecule has 0 spiro atoms. The molecule has 3 heteroatoms. The highest BCUT2D eigenvalue weighted by atomic mass is 16.6. The van der Waals surface area contributed by atoms with Gasteiger partial charge in [-0.2, -0.15) is 0 Å². The number of hydrogen-bond acceptors (Lipinski definition) is 3. The van der Waals surface area contributed by atoms with Crippen LogP contribution < -0.4 is 0 Å². The van der Waals surface area contributed by atoms with Gasteiger partial charge in [0, 0.05) is 6.61 Å². The first-order chi connectivity index (χ1) is 6.61. The minimum Gasteiger partial charge on any atom is -0.460 e. The summed E-state index contributed by atoms with van der Waals surface area (Å²) in [6, 6.07) is 0. The van der Waals surface area contributed by atoms with E-state index in [1.807, 2.05) is 20.8 Å². The Labute approximate surface area is 86.8 Å². The molecule has 0 aliphatic heterocycles. The molecule has 0 saturated heterocycles. The van der Waals surface area contributed by atoms with Crippen LogP contribution in [0.15, 0.2) is 0 Å². The molecule has 2 atom stereocenters. The molecule has 0 N–H and O–H groups in total. The molecule has 0 fully saturated rings. The van der Waals surface area contributed by atoms with Crippen molar-refractivity contribution in [2.75, 3.05) is 13.2 Å². The molecule has 0 saturated carbocycles. The van der Waals surface area contributed by atoms with Crippen LogP contribution in [0.5, 0.6) is 0 Å². The molecule has 0 aromatic rings. The average Bonchev–Trinajstić information content (AvgIpc) is 2.16. The van der Waals surface area contributed by atoms with E-state index in [1.54, 1.807) is 0 Å². The topological polar surface area (TPSA) is 35.5 Å². The fourth-order valence-electron chi connectivity index (χ4n) is 0.909. The van der Waals surface area contributed by atoms with E-state index in [0.29, 0.717) is 6.61 Å². The standard InChI is InChI=1S/C11H22O3/c1-5-7-13-8-10(4)14-11(12)9(3)6-2/h9-10H,5-8H2,1-4H3. The molecule has 0 heterocycles. The third kappa shape index (κ3) is 5.97. The predicted molar refractivity (Wildman–Crippen MR) is 56.1 cm³/mol. The summed E-state index contributed by atoms with van der Waals surface area (Å²) in [6.45, 7) is 8.99. The fourth-order valence-corrected chi connectivity index (χ4v) is 0.909. The van der Waals surface area contributed by atoms with Crippen molar-refractivity contribution in [2.45, 2.75) is 46.6 Å². The molecule has 14 heavy (non-hydrogen) atoms. The Morgan fingerprint density at radius 3 is 2.43 bits per heavy atom. The van der Waals surface area contributed by atoms with Crippen LogP contribution in [0.3, 0.4) is 0 Å². The number of rotatable bonds is 7. The largest absolute Gasteiger partial charge is 0.460 e. The average molecular weight is 202 g/mol. The molecule has 0 aliphatic carbocycles. The van der Waals surface area contributed by atoms with E-state index >= 15 is 0 Å². The zero-order valence-electron chi connectivity index (χ0n) is 9.71. The normalized spacial score (nSPS) is 14.9. The van der Waals surface area contributed by atoms with Crippen molar-refractivity contribution >= 4 is 5.97 Å². The summed E-state index contributed by atoms with van der Waals surface area (Å²) in [4.78, 5) is 11.3. The summed E-state index contributed by atoms with van der Waals surface area (Å²) in [7, 11) is 0. The fraction of sp³-hybridized carbons (Fsp3) is 0.909. The van der Waals surface area contributed by atoms with Crippen molar-refractivity contribution in [3.05, 3.63) is 0 Å². The smallest absolute Gasteiger partial charge is 0.308 e. The molecule has 0 rings (SSSR count). The number of carbonyl (C=O) groups excluding carboxylic acids is 1. The minimum absolute atomic E-state index is 0.0105. The summed E-state index contributed by atoms with van der Waals surface area (Å²) in [5, 5.41) is 0. The SMILES string of the molecule is CCCOCC(C)OC(=O)C(C)CC. The van der Waals surface area contributed by atoms with Gasteiger partial charge in [0.2, 0.25) is 0 Å². The van der Waals surface area contributed by atoms with Crippen LogP contribution in [0.25, 0.3) is 0 Å². The van der Waals surface area contributed by atoms with Crippen LogP contribution in [-0.4, -0.2) is 25.3 Å². The van der Waals surface area contributed by atoms with Gasteiger partial charge in [-0.05, 0) is 19.8 Å². The van der Waals surface area contributed by atoms with Gasteiger partial charge in [0.25, 0.3) is 0 Å². The van der Waals surface area contributed by atoms with Crippen molar-refractivity contribution in [2.24, 2.45) is 5.92 Å². The van der Waals surface area contributed by atoms with Crippen LogP contribution >= 0.6 is 0 Å². The third-order valence-electron chi connectivity index (χ3n) is 2.03. The second-order valence-corrected chi connectivity index (χ2v) is 3.63. The maximum Gasteiger partial charge on any atom is 0.308 e. The number of esters is 1. The summed E-state index contributed by atoms with van der Waals surface area (Å²) >= 11 is 0. The molecular formula is C11H22O3. The zero-order valence-corrected chi connectivity index (χ0v) is 9.71. The Morgan fingerprint density at radius 2 is 1.93 bits per heavy atom. The lowest BCUT2D eigenvalue weighted by Gasteiger charge is -2.15. The lowest BCUT2D eigenvalue weighted by atomic mass is 10.1. The summed E-state index contributed by atoms with van der Waals surface area (Å²) < 4.78 is 10.5. The number of hydrogen-bond donors (Lipinski definition) is 0. The van der Waals surface area contributed by atoms with E-state index in [9.17, 15) is 4.79 Å². The molecule has 3 nitrogen and oxygen atoms in total. The van der Waals surface area contributed by atoms with Gasteiger partial charge >= 0.3 is 5.97 Å². The van der Waals surface area contributed by atoms with E-state index < -0.39 is 0 Å². The van der Waals surface area contributed by atoms with E-state index in [0.717, 1.165) is 19.4 Å². The van der Waals surface area contributed by atoms with Gasteiger partial charge in [0.15, 0.2) is 0 Å². The molecule has 0 aromatic carbocycles. The predicted octanol–water partition coefficient (Wildman–Crippen LogP) is 2.39. The molecular weight excluding hydrogens is 180 g/mol. The van der Waals surface area contributed by atoms with Crippen molar-refractivity contribution < 1.29 is 14.3 Å². The van der Waals surface area contributed by atoms with Crippen molar-refractivity contribution in [1.82, 2.24) is 0 Å². The van der Waals surface area contributed by atoms with E-state index in [1.165, 1.54) is 0 Å². The number of ether oxygens (including phenoxy) is 2. The van der Waals surface area contributed by atoms with E-state index in [2.05, 4.69) is 6.92 Å². The van der Waals surface area contributed by atoms with Gasteiger partial charge in [-0.1, -0.05) is 20.8 Å². The first kappa shape index (κ1) is 13.4. The monoisotopic (exact) mass is 202 g/mol. The van der Waals surface area contributed by atoms with Crippen LogP contribution in [0.4, 0.5) is 0 Å². The van der Waals surface area contributed by atoms with Gasteiger partial charge in [-0.25, -0.2) is 0 Å². The Morgan fingerprint density at radius 1 is 1.29 bits per heavy atom. The molecule has 0 radical (unpaired) electrons. The zero-order chi connectivity index (χ0) is 11.0. The highest BCUT2D eigenvalue weighted by Gasteiger charge is 2.15. The maximum absolute atomic E-state index is 11.3. The van der Waals surface area contributed by atoms with Crippen molar-refractivity contribution in [1.29, 1.82) is 0 Å². The summed E-state index contributed by atoms with van der Waals surface area (Å²) in [5.41, 5.74) is 0. The molecule has 84 valence electrons. The molecule has 0 amide bonds. The van der Waals surface area contributed by atoms with Gasteiger partial charge < -0.3 is 9.47 Å². The van der Waals surface area contributed by atoms with Crippen molar-refractivity contribution in [3.8, 4) is 0 Å². The van der Waals surface area contributed by atoms with Crippen LogP contribution in [0, 0.1) is 5.92 Å². The Bertz CT molecular complexity index is 157. The summed E-state index contributed by atoms with van der Waals surface area (Å²) in [5.74, 6) is -0.135. The van der Waals surface area contributed by atoms with Crippen molar-refractivity contribution in [3.63, 3.8) is 0 Å². The van der Waals surface area contributed by atoms with Gasteiger partial charge in [0.05, 0.1) is 12.5 Å². The van der Waals surface area contributed by atoms with Crippen LogP contribution in [0.2, 0.25) is 0 Å². The summed E-state index contributed by atoms with van der Waals surface area (Å²) in [6.07, 6.45) is 1.68.